The van der Waals surface area contributed by atoms with Crippen molar-refractivity contribution in [3.63, 3.8) is 0 Å². The number of rotatable bonds is 4. The van der Waals surface area contributed by atoms with Crippen molar-refractivity contribution in [3.05, 3.63) is 50.6 Å². The van der Waals surface area contributed by atoms with Crippen LogP contribution >= 0.6 is 22.9 Å². The molecule has 1 aliphatic heterocycles. The van der Waals surface area contributed by atoms with E-state index in [4.69, 9.17) is 11.6 Å². The zero-order chi connectivity index (χ0) is 20.1. The van der Waals surface area contributed by atoms with Gasteiger partial charge in [-0.15, -0.1) is 11.3 Å². The van der Waals surface area contributed by atoms with E-state index < -0.39 is 0 Å². The van der Waals surface area contributed by atoms with Crippen LogP contribution in [0.15, 0.2) is 24.3 Å². The Morgan fingerprint density at radius 2 is 2.03 bits per heavy atom. The molecule has 0 spiro atoms. The lowest BCUT2D eigenvalue weighted by molar-refractivity contribution is 0.0924. The van der Waals surface area contributed by atoms with Crippen LogP contribution < -0.4 is 10.6 Å². The second-order valence-electron chi connectivity index (χ2n) is 7.69. The van der Waals surface area contributed by atoms with Crippen LogP contribution in [-0.2, 0) is 13.0 Å². The second-order valence-corrected chi connectivity index (χ2v) is 9.21. The van der Waals surface area contributed by atoms with Crippen molar-refractivity contribution in [2.24, 2.45) is 0 Å². The number of nitrogens with one attached hydrogen (secondary N) is 3. The van der Waals surface area contributed by atoms with E-state index in [2.05, 4.69) is 32.5 Å². The van der Waals surface area contributed by atoms with Gasteiger partial charge in [0.1, 0.15) is 5.69 Å². The molecule has 7 nitrogen and oxygen atoms in total. The Hall–Kier alpha value is -2.42. The van der Waals surface area contributed by atoms with Crippen LogP contribution in [0, 0.1) is 0 Å². The Morgan fingerprint density at radius 3 is 2.86 bits per heavy atom. The molecule has 150 valence electrons. The highest BCUT2D eigenvalue weighted by Gasteiger charge is 2.40. The smallest absolute Gasteiger partial charge is 0.280 e. The average Bonchev–Trinajstić information content (AvgIpc) is 3.09. The number of hydrogen-bond donors (Lipinski definition) is 3. The third kappa shape index (κ3) is 3.75. The standard InChI is InChI=1S/C20H20ClN5O2S/c1-26-5-4-13-17(9-26)29-20(25-13)19(28)24-15-8-14(15)23-18(27)16-7-10-6-11(21)2-3-12(10)22-16/h2-3,6-7,14-15,22H,4-5,8-9H2,1H3,(H,23,27)(H,24,28)/t14-,15+/m1/s1. The van der Waals surface area contributed by atoms with Gasteiger partial charge in [0, 0.05) is 40.3 Å². The Balaban J connectivity index is 1.19. The number of nitrogens with zero attached hydrogens (tertiary/aromatic N) is 2. The molecule has 3 N–H and O–H groups in total. The van der Waals surface area contributed by atoms with E-state index in [-0.39, 0.29) is 23.9 Å². The number of fused-ring (bicyclic) bond motifs is 2. The summed E-state index contributed by atoms with van der Waals surface area (Å²) in [6.07, 6.45) is 1.60. The number of carbonyl (C=O) groups excluding carboxylic acids is 2. The van der Waals surface area contributed by atoms with Gasteiger partial charge >= 0.3 is 0 Å². The van der Waals surface area contributed by atoms with Crippen LogP contribution in [0.3, 0.4) is 0 Å². The van der Waals surface area contributed by atoms with Gasteiger partial charge in [0.2, 0.25) is 0 Å². The molecule has 0 bridgehead atoms. The predicted octanol–water partition coefficient (Wildman–Crippen LogP) is 2.57. The van der Waals surface area contributed by atoms with E-state index in [9.17, 15) is 9.59 Å². The van der Waals surface area contributed by atoms with Gasteiger partial charge in [0.15, 0.2) is 5.01 Å². The number of H-pyrrole nitrogens is 1. The minimum Gasteiger partial charge on any atom is -0.351 e. The van der Waals surface area contributed by atoms with Crippen molar-refractivity contribution in [1.82, 2.24) is 25.5 Å². The molecule has 0 saturated heterocycles. The molecule has 2 aliphatic rings. The van der Waals surface area contributed by atoms with Crippen LogP contribution in [0.4, 0.5) is 0 Å². The van der Waals surface area contributed by atoms with Gasteiger partial charge in [-0.05, 0) is 37.7 Å². The van der Waals surface area contributed by atoms with Crippen LogP contribution in [0.1, 0.15) is 37.3 Å². The van der Waals surface area contributed by atoms with E-state index in [1.54, 1.807) is 12.1 Å². The summed E-state index contributed by atoms with van der Waals surface area (Å²) in [5, 5.41) is 7.98. The van der Waals surface area contributed by atoms with Gasteiger partial charge in [0.25, 0.3) is 11.8 Å². The zero-order valence-corrected chi connectivity index (χ0v) is 17.4. The molecule has 0 radical (unpaired) electrons. The number of amides is 2. The lowest BCUT2D eigenvalue weighted by Crippen LogP contribution is -2.34. The van der Waals surface area contributed by atoms with Crippen molar-refractivity contribution in [2.45, 2.75) is 31.5 Å². The number of hydrogen-bond acceptors (Lipinski definition) is 5. The third-order valence-corrected chi connectivity index (χ3v) is 6.68. The monoisotopic (exact) mass is 429 g/mol. The fraction of sp³-hybridized carbons (Fsp3) is 0.350. The highest BCUT2D eigenvalue weighted by Crippen LogP contribution is 2.27. The van der Waals surface area contributed by atoms with Crippen molar-refractivity contribution >= 4 is 45.7 Å². The summed E-state index contributed by atoms with van der Waals surface area (Å²) >= 11 is 7.46. The normalized spacial score (nSPS) is 21.0. The van der Waals surface area contributed by atoms with Gasteiger partial charge in [-0.1, -0.05) is 11.6 Å². The number of likely N-dealkylation sites (N-methyl/N-ethyl adjacent to an activating group) is 1. The third-order valence-electron chi connectivity index (χ3n) is 5.37. The van der Waals surface area contributed by atoms with E-state index in [0.29, 0.717) is 15.7 Å². The number of carbonyl (C=O) groups is 2. The number of aromatic amines is 1. The van der Waals surface area contributed by atoms with Crippen LogP contribution in [0.2, 0.25) is 5.02 Å². The summed E-state index contributed by atoms with van der Waals surface area (Å²) < 4.78 is 0. The van der Waals surface area contributed by atoms with Crippen molar-refractivity contribution < 1.29 is 9.59 Å². The predicted molar refractivity (Wildman–Crippen MR) is 113 cm³/mol. The van der Waals surface area contributed by atoms with E-state index in [0.717, 1.165) is 42.5 Å². The SMILES string of the molecule is CN1CCc2nc(C(=O)N[C@H]3C[C@H]3NC(=O)c3cc4cc(Cl)ccc4[nH]3)sc2C1. The van der Waals surface area contributed by atoms with Crippen molar-refractivity contribution in [3.8, 4) is 0 Å². The van der Waals surface area contributed by atoms with E-state index in [1.807, 2.05) is 12.1 Å². The summed E-state index contributed by atoms with van der Waals surface area (Å²) in [5.74, 6) is -0.346. The number of halogens is 1. The molecule has 1 fully saturated rings. The van der Waals surface area contributed by atoms with Crippen molar-refractivity contribution in [1.29, 1.82) is 0 Å². The van der Waals surface area contributed by atoms with Crippen LogP contribution in [0.5, 0.6) is 0 Å². The molecule has 0 unspecified atom stereocenters. The highest BCUT2D eigenvalue weighted by atomic mass is 35.5. The summed E-state index contributed by atoms with van der Waals surface area (Å²) in [7, 11) is 2.07. The largest absolute Gasteiger partial charge is 0.351 e. The first-order valence-corrected chi connectivity index (χ1v) is 10.7. The first kappa shape index (κ1) is 18.6. The molecular weight excluding hydrogens is 410 g/mol. The quantitative estimate of drug-likeness (QED) is 0.594. The Morgan fingerprint density at radius 1 is 1.24 bits per heavy atom. The maximum absolute atomic E-state index is 12.5. The molecule has 9 heteroatoms. The molecule has 3 aromatic rings. The lowest BCUT2D eigenvalue weighted by atomic mass is 10.2. The Labute approximate surface area is 176 Å². The first-order chi connectivity index (χ1) is 14.0. The maximum atomic E-state index is 12.5. The number of thiazole rings is 1. The summed E-state index contributed by atoms with van der Waals surface area (Å²) in [6, 6.07) is 7.10. The van der Waals surface area contributed by atoms with Gasteiger partial charge in [-0.2, -0.15) is 0 Å². The van der Waals surface area contributed by atoms with E-state index >= 15 is 0 Å². The van der Waals surface area contributed by atoms with Crippen molar-refractivity contribution in [2.75, 3.05) is 13.6 Å². The molecule has 1 saturated carbocycles. The lowest BCUT2D eigenvalue weighted by Gasteiger charge is -2.20. The van der Waals surface area contributed by atoms with Gasteiger partial charge in [-0.25, -0.2) is 4.98 Å². The zero-order valence-electron chi connectivity index (χ0n) is 15.8. The van der Waals surface area contributed by atoms with Gasteiger partial charge < -0.3 is 20.5 Å². The van der Waals surface area contributed by atoms with Crippen LogP contribution in [-0.4, -0.2) is 52.4 Å². The molecule has 5 rings (SSSR count). The molecule has 29 heavy (non-hydrogen) atoms. The Bertz CT molecular complexity index is 1120. The summed E-state index contributed by atoms with van der Waals surface area (Å²) in [5.41, 5.74) is 2.38. The average molecular weight is 430 g/mol. The maximum Gasteiger partial charge on any atom is 0.280 e. The molecule has 3 heterocycles. The van der Waals surface area contributed by atoms with Gasteiger partial charge in [0.05, 0.1) is 17.8 Å². The topological polar surface area (TPSA) is 90.1 Å². The molecular formula is C20H20ClN5O2S. The molecule has 1 aliphatic carbocycles. The molecule has 2 atom stereocenters. The minimum absolute atomic E-state index is 0.0612. The Kier molecular flexibility index (Phi) is 4.57. The molecule has 2 aromatic heterocycles. The van der Waals surface area contributed by atoms with Gasteiger partial charge in [-0.3, -0.25) is 9.59 Å². The van der Waals surface area contributed by atoms with E-state index in [1.165, 1.54) is 16.2 Å². The summed E-state index contributed by atoms with van der Waals surface area (Å²) in [6.45, 7) is 1.81. The summed E-state index contributed by atoms with van der Waals surface area (Å²) in [4.78, 5) is 36.1. The number of benzene rings is 1. The highest BCUT2D eigenvalue weighted by molar-refractivity contribution is 7.13. The van der Waals surface area contributed by atoms with Crippen LogP contribution in [0.25, 0.3) is 10.9 Å². The number of aromatic nitrogens is 2. The first-order valence-electron chi connectivity index (χ1n) is 9.53. The molecule has 1 aromatic carbocycles. The molecule has 2 amide bonds. The fourth-order valence-electron chi connectivity index (χ4n) is 3.64. The fourth-order valence-corrected chi connectivity index (χ4v) is 4.91. The second kappa shape index (κ2) is 7.12. The minimum atomic E-state index is -0.188.